The molecule has 0 fully saturated rings. The minimum absolute atomic E-state index is 0.0311. The molecule has 1 aliphatic heterocycles. The van der Waals surface area contributed by atoms with Crippen molar-refractivity contribution in [2.75, 3.05) is 5.32 Å². The van der Waals surface area contributed by atoms with E-state index >= 15 is 0 Å². The van der Waals surface area contributed by atoms with E-state index in [1.54, 1.807) is 12.4 Å². The number of hydrogen-bond donors (Lipinski definition) is 2. The maximum atomic E-state index is 11.8. The standard InChI is InChI=1S/C17H14N4O2/c22-15-8-13(14-10-19-21-17(14)20-15)11-6-7-16(18-9-11)23-12-4-2-1-3-5-12/h1-7,9-10,13H,8H2,(H2,19,20,21,22). The van der Waals surface area contributed by atoms with Crippen LogP contribution in [0.3, 0.4) is 0 Å². The van der Waals surface area contributed by atoms with E-state index < -0.39 is 0 Å². The van der Waals surface area contributed by atoms with E-state index in [1.807, 2.05) is 42.5 Å². The molecule has 0 saturated carbocycles. The molecule has 0 saturated heterocycles. The van der Waals surface area contributed by atoms with Gasteiger partial charge in [0, 0.05) is 30.2 Å². The van der Waals surface area contributed by atoms with E-state index in [1.165, 1.54) is 0 Å². The molecular formula is C17H14N4O2. The lowest BCUT2D eigenvalue weighted by atomic mass is 9.88. The summed E-state index contributed by atoms with van der Waals surface area (Å²) in [6.45, 7) is 0. The highest BCUT2D eigenvalue weighted by Gasteiger charge is 2.28. The van der Waals surface area contributed by atoms with Crippen LogP contribution in [0.5, 0.6) is 11.6 Å². The van der Waals surface area contributed by atoms with Crippen molar-refractivity contribution >= 4 is 11.7 Å². The van der Waals surface area contributed by atoms with E-state index in [2.05, 4.69) is 20.5 Å². The normalized spacial score (nSPS) is 16.5. The zero-order valence-corrected chi connectivity index (χ0v) is 12.2. The molecule has 0 spiro atoms. The van der Waals surface area contributed by atoms with Crippen molar-refractivity contribution in [2.45, 2.75) is 12.3 Å². The van der Waals surface area contributed by atoms with E-state index in [4.69, 9.17) is 4.74 Å². The van der Waals surface area contributed by atoms with E-state index in [0.717, 1.165) is 16.9 Å². The molecular weight excluding hydrogens is 292 g/mol. The fourth-order valence-corrected chi connectivity index (χ4v) is 2.71. The lowest BCUT2D eigenvalue weighted by Gasteiger charge is -2.22. The second-order valence-corrected chi connectivity index (χ2v) is 5.35. The van der Waals surface area contributed by atoms with Gasteiger partial charge in [0.15, 0.2) is 0 Å². The summed E-state index contributed by atoms with van der Waals surface area (Å²) in [7, 11) is 0. The number of hydrogen-bond acceptors (Lipinski definition) is 4. The average Bonchev–Trinajstić information content (AvgIpc) is 3.04. The summed E-state index contributed by atoms with van der Waals surface area (Å²) >= 11 is 0. The van der Waals surface area contributed by atoms with Crippen LogP contribution >= 0.6 is 0 Å². The van der Waals surface area contributed by atoms with Crippen molar-refractivity contribution in [3.05, 3.63) is 66.0 Å². The Kier molecular flexibility index (Phi) is 3.27. The van der Waals surface area contributed by atoms with Gasteiger partial charge >= 0.3 is 0 Å². The van der Waals surface area contributed by atoms with Crippen LogP contribution in [0.1, 0.15) is 23.5 Å². The molecule has 0 bridgehead atoms. The van der Waals surface area contributed by atoms with Crippen molar-refractivity contribution < 1.29 is 9.53 Å². The first-order valence-corrected chi connectivity index (χ1v) is 7.31. The molecule has 1 unspecified atom stereocenters. The molecule has 0 aliphatic carbocycles. The molecule has 23 heavy (non-hydrogen) atoms. The summed E-state index contributed by atoms with van der Waals surface area (Å²) in [5, 5.41) is 9.59. The number of carbonyl (C=O) groups excluding carboxylic acids is 1. The third-order valence-electron chi connectivity index (χ3n) is 3.83. The summed E-state index contributed by atoms with van der Waals surface area (Å²) in [5.41, 5.74) is 1.94. The number of nitrogens with zero attached hydrogens (tertiary/aromatic N) is 2. The Labute approximate surface area is 132 Å². The zero-order chi connectivity index (χ0) is 15.6. The summed E-state index contributed by atoms with van der Waals surface area (Å²) < 4.78 is 5.69. The number of pyridine rings is 1. The number of benzene rings is 1. The van der Waals surface area contributed by atoms with Crippen LogP contribution in [0, 0.1) is 0 Å². The zero-order valence-electron chi connectivity index (χ0n) is 12.2. The van der Waals surface area contributed by atoms with Crippen LogP contribution in [0.25, 0.3) is 0 Å². The average molecular weight is 306 g/mol. The minimum atomic E-state index is -0.0456. The Morgan fingerprint density at radius 2 is 1.96 bits per heavy atom. The molecule has 1 amide bonds. The van der Waals surface area contributed by atoms with Gasteiger partial charge < -0.3 is 10.1 Å². The predicted molar refractivity (Wildman–Crippen MR) is 84.4 cm³/mol. The maximum absolute atomic E-state index is 11.8. The molecule has 2 aromatic heterocycles. The molecule has 1 aromatic carbocycles. The van der Waals surface area contributed by atoms with Crippen LogP contribution in [0.2, 0.25) is 0 Å². The summed E-state index contributed by atoms with van der Waals surface area (Å²) in [4.78, 5) is 16.2. The fraction of sp³-hybridized carbons (Fsp3) is 0.118. The van der Waals surface area contributed by atoms with Crippen molar-refractivity contribution in [2.24, 2.45) is 0 Å². The lowest BCUT2D eigenvalue weighted by Crippen LogP contribution is -2.23. The number of ether oxygens (including phenoxy) is 1. The van der Waals surface area contributed by atoms with Crippen molar-refractivity contribution in [3.63, 3.8) is 0 Å². The van der Waals surface area contributed by atoms with Crippen LogP contribution in [-0.4, -0.2) is 21.1 Å². The Morgan fingerprint density at radius 3 is 2.74 bits per heavy atom. The number of nitrogens with one attached hydrogen (secondary N) is 2. The fourth-order valence-electron chi connectivity index (χ4n) is 2.71. The van der Waals surface area contributed by atoms with Crippen LogP contribution in [0.15, 0.2) is 54.9 Å². The van der Waals surface area contributed by atoms with E-state index in [9.17, 15) is 4.79 Å². The number of H-pyrrole nitrogens is 1. The van der Waals surface area contributed by atoms with Crippen LogP contribution in [0.4, 0.5) is 5.82 Å². The van der Waals surface area contributed by atoms with Gasteiger partial charge in [-0.25, -0.2) is 4.98 Å². The van der Waals surface area contributed by atoms with Gasteiger partial charge in [-0.2, -0.15) is 5.10 Å². The molecule has 1 aliphatic rings. The predicted octanol–water partition coefficient (Wildman–Crippen LogP) is 3.07. The molecule has 6 heteroatoms. The Hall–Kier alpha value is -3.15. The third kappa shape index (κ3) is 2.66. The van der Waals surface area contributed by atoms with Crippen molar-refractivity contribution in [3.8, 4) is 11.6 Å². The minimum Gasteiger partial charge on any atom is -0.439 e. The quantitative estimate of drug-likeness (QED) is 0.779. The van der Waals surface area contributed by atoms with E-state index in [0.29, 0.717) is 18.1 Å². The number of amides is 1. The Bertz CT molecular complexity index is 827. The van der Waals surface area contributed by atoms with Gasteiger partial charge in [-0.1, -0.05) is 24.3 Å². The third-order valence-corrected chi connectivity index (χ3v) is 3.83. The summed E-state index contributed by atoms with van der Waals surface area (Å²) in [6.07, 6.45) is 3.87. The first-order chi connectivity index (χ1) is 11.3. The second-order valence-electron chi connectivity index (χ2n) is 5.35. The molecule has 6 nitrogen and oxygen atoms in total. The lowest BCUT2D eigenvalue weighted by molar-refractivity contribution is -0.116. The topological polar surface area (TPSA) is 79.9 Å². The van der Waals surface area contributed by atoms with E-state index in [-0.39, 0.29) is 11.8 Å². The Morgan fingerprint density at radius 1 is 1.09 bits per heavy atom. The molecule has 4 rings (SSSR count). The highest BCUT2D eigenvalue weighted by Crippen LogP contribution is 2.35. The van der Waals surface area contributed by atoms with Crippen molar-refractivity contribution in [1.82, 2.24) is 15.2 Å². The number of rotatable bonds is 3. The van der Waals surface area contributed by atoms with Gasteiger partial charge in [-0.05, 0) is 17.7 Å². The number of fused-ring (bicyclic) bond motifs is 1. The monoisotopic (exact) mass is 306 g/mol. The molecule has 2 N–H and O–H groups in total. The van der Waals surface area contributed by atoms with Crippen LogP contribution in [-0.2, 0) is 4.79 Å². The van der Waals surface area contributed by atoms with Gasteiger partial charge in [-0.15, -0.1) is 0 Å². The number of para-hydroxylation sites is 1. The summed E-state index contributed by atoms with van der Waals surface area (Å²) in [5.74, 6) is 1.84. The van der Waals surface area contributed by atoms with Crippen LogP contribution < -0.4 is 10.1 Å². The van der Waals surface area contributed by atoms with Gasteiger partial charge in [0.1, 0.15) is 11.6 Å². The van der Waals surface area contributed by atoms with Gasteiger partial charge in [-0.3, -0.25) is 9.89 Å². The number of anilines is 1. The first-order valence-electron chi connectivity index (χ1n) is 7.31. The molecule has 3 heterocycles. The molecule has 1 atom stereocenters. The van der Waals surface area contributed by atoms with Gasteiger partial charge in [0.05, 0.1) is 6.20 Å². The number of carbonyl (C=O) groups is 1. The highest BCUT2D eigenvalue weighted by atomic mass is 16.5. The molecule has 0 radical (unpaired) electrons. The number of aromatic nitrogens is 3. The SMILES string of the molecule is O=C1CC(c2ccc(Oc3ccccc3)nc2)c2cn[nH]c2N1. The summed E-state index contributed by atoms with van der Waals surface area (Å²) in [6, 6.07) is 13.2. The van der Waals surface area contributed by atoms with Gasteiger partial charge in [0.2, 0.25) is 11.8 Å². The smallest absolute Gasteiger partial charge is 0.226 e. The first kappa shape index (κ1) is 13.5. The molecule has 114 valence electrons. The highest BCUT2D eigenvalue weighted by molar-refractivity contribution is 5.94. The maximum Gasteiger partial charge on any atom is 0.226 e. The number of aromatic amines is 1. The largest absolute Gasteiger partial charge is 0.439 e. The Balaban J connectivity index is 1.58. The van der Waals surface area contributed by atoms with Gasteiger partial charge in [0.25, 0.3) is 0 Å². The molecule has 3 aromatic rings. The van der Waals surface area contributed by atoms with Crippen molar-refractivity contribution in [1.29, 1.82) is 0 Å². The second kappa shape index (κ2) is 5.57.